The fourth-order valence-corrected chi connectivity index (χ4v) is 2.46. The first kappa shape index (κ1) is 17.6. The van der Waals surface area contributed by atoms with Crippen molar-refractivity contribution in [3.63, 3.8) is 0 Å². The molecule has 0 bridgehead atoms. The molecule has 4 atom stereocenters. The van der Waals surface area contributed by atoms with E-state index >= 15 is 0 Å². The smallest absolute Gasteiger partial charge is 0.338 e. The molecule has 0 amide bonds. The third-order valence-corrected chi connectivity index (χ3v) is 3.71. The predicted octanol–water partition coefficient (Wildman–Crippen LogP) is -0.923. The van der Waals surface area contributed by atoms with Gasteiger partial charge in [-0.15, -0.1) is 0 Å². The Morgan fingerprint density at radius 2 is 1.96 bits per heavy atom. The van der Waals surface area contributed by atoms with Crippen molar-refractivity contribution in [2.75, 3.05) is 25.1 Å². The second-order valence-corrected chi connectivity index (χ2v) is 5.24. The third-order valence-electron chi connectivity index (χ3n) is 3.71. The quantitative estimate of drug-likeness (QED) is 0.424. The average molecular weight is 327 g/mol. The Hall–Kier alpha value is -1.71. The predicted molar refractivity (Wildman–Crippen MR) is 79.8 cm³/mol. The minimum Gasteiger partial charge on any atom is -0.462 e. The summed E-state index contributed by atoms with van der Waals surface area (Å²) in [6.45, 7) is 0.859. The Morgan fingerprint density at radius 3 is 2.43 bits per heavy atom. The fraction of sp³-hybridized carbons (Fsp3) is 0.533. The second-order valence-electron chi connectivity index (χ2n) is 5.24. The van der Waals surface area contributed by atoms with Crippen molar-refractivity contribution in [3.05, 3.63) is 29.8 Å². The molecule has 0 aliphatic carbocycles. The number of benzene rings is 1. The van der Waals surface area contributed by atoms with Gasteiger partial charge in [-0.2, -0.15) is 0 Å². The molecule has 1 heterocycles. The normalized spacial score (nSPS) is 30.2. The monoisotopic (exact) mass is 327 g/mol. The van der Waals surface area contributed by atoms with E-state index < -0.39 is 43.2 Å². The van der Waals surface area contributed by atoms with Crippen LogP contribution >= 0.6 is 0 Å². The number of carbonyl (C=O) groups excluding carboxylic acids is 1. The van der Waals surface area contributed by atoms with Crippen LogP contribution in [0.5, 0.6) is 0 Å². The van der Waals surface area contributed by atoms with Gasteiger partial charge in [0.25, 0.3) is 0 Å². The summed E-state index contributed by atoms with van der Waals surface area (Å²) in [6, 6.07) is 6.15. The highest BCUT2D eigenvalue weighted by Crippen LogP contribution is 2.32. The number of rotatable bonds is 6. The van der Waals surface area contributed by atoms with E-state index in [0.29, 0.717) is 11.3 Å². The number of esters is 1. The highest BCUT2D eigenvalue weighted by Gasteiger charge is 2.54. The number of aliphatic hydroxyl groups is 4. The summed E-state index contributed by atoms with van der Waals surface area (Å²) in [5.41, 5.74) is -0.827. The highest BCUT2D eigenvalue weighted by molar-refractivity contribution is 5.89. The van der Waals surface area contributed by atoms with E-state index in [1.54, 1.807) is 19.1 Å². The van der Waals surface area contributed by atoms with E-state index in [-0.39, 0.29) is 6.61 Å². The van der Waals surface area contributed by atoms with Crippen molar-refractivity contribution >= 4 is 11.7 Å². The van der Waals surface area contributed by atoms with Gasteiger partial charge in [-0.3, -0.25) is 0 Å². The van der Waals surface area contributed by atoms with Gasteiger partial charge in [0.15, 0.2) is 5.72 Å². The van der Waals surface area contributed by atoms with Crippen LogP contribution in [0.15, 0.2) is 24.3 Å². The van der Waals surface area contributed by atoms with Crippen molar-refractivity contribution in [1.29, 1.82) is 0 Å². The van der Waals surface area contributed by atoms with Gasteiger partial charge in [0.05, 0.1) is 25.4 Å². The van der Waals surface area contributed by atoms with Gasteiger partial charge in [-0.1, -0.05) is 0 Å². The Kier molecular flexibility index (Phi) is 5.55. The summed E-state index contributed by atoms with van der Waals surface area (Å²) in [7, 11) is 0. The zero-order valence-electron chi connectivity index (χ0n) is 12.7. The molecule has 0 spiro atoms. The topological polar surface area (TPSA) is 128 Å². The zero-order chi connectivity index (χ0) is 17.0. The Labute approximate surface area is 133 Å². The van der Waals surface area contributed by atoms with Gasteiger partial charge in [0.2, 0.25) is 0 Å². The van der Waals surface area contributed by atoms with E-state index in [0.717, 1.165) is 0 Å². The molecule has 1 aliphatic rings. The standard InChI is InChI=1S/C15H21NO7/c1-2-22-14(21)9-3-5-10(6-4-9)16-15(8-18)13(20)12(19)11(7-17)23-15/h3-6,11-13,16-20H,2,7-8H2,1H3/t11-,12+,13?,15-/m1/s1. The highest BCUT2D eigenvalue weighted by atomic mass is 16.6. The first-order chi connectivity index (χ1) is 11.0. The maximum atomic E-state index is 11.6. The molecule has 1 aromatic carbocycles. The molecule has 0 radical (unpaired) electrons. The first-order valence-corrected chi connectivity index (χ1v) is 7.28. The van der Waals surface area contributed by atoms with Crippen molar-refractivity contribution in [2.24, 2.45) is 0 Å². The lowest BCUT2D eigenvalue weighted by atomic mass is 10.0. The number of carbonyl (C=O) groups is 1. The molecule has 0 saturated carbocycles. The van der Waals surface area contributed by atoms with E-state index in [4.69, 9.17) is 14.6 Å². The molecule has 23 heavy (non-hydrogen) atoms. The lowest BCUT2D eigenvalue weighted by Crippen LogP contribution is -2.52. The number of aliphatic hydroxyl groups excluding tert-OH is 4. The summed E-state index contributed by atoms with van der Waals surface area (Å²) < 4.78 is 10.3. The lowest BCUT2D eigenvalue weighted by Gasteiger charge is -2.32. The van der Waals surface area contributed by atoms with Crippen LogP contribution in [0, 0.1) is 0 Å². The zero-order valence-corrected chi connectivity index (χ0v) is 12.7. The van der Waals surface area contributed by atoms with Crippen molar-refractivity contribution in [3.8, 4) is 0 Å². The Bertz CT molecular complexity index is 535. The van der Waals surface area contributed by atoms with Gasteiger partial charge in [-0.05, 0) is 31.2 Å². The molecule has 1 aromatic rings. The Morgan fingerprint density at radius 1 is 1.30 bits per heavy atom. The van der Waals surface area contributed by atoms with Crippen molar-refractivity contribution in [1.82, 2.24) is 0 Å². The minimum atomic E-state index is -1.64. The number of hydrogen-bond donors (Lipinski definition) is 5. The van der Waals surface area contributed by atoms with Crippen LogP contribution in [-0.2, 0) is 9.47 Å². The number of anilines is 1. The fourth-order valence-electron chi connectivity index (χ4n) is 2.46. The van der Waals surface area contributed by atoms with Gasteiger partial charge in [0, 0.05) is 5.69 Å². The van der Waals surface area contributed by atoms with Crippen molar-refractivity contribution < 1.29 is 34.7 Å². The molecule has 1 fully saturated rings. The van der Waals surface area contributed by atoms with Gasteiger partial charge in [0.1, 0.15) is 18.3 Å². The summed E-state index contributed by atoms with van der Waals surface area (Å²) in [4.78, 5) is 11.6. The lowest BCUT2D eigenvalue weighted by molar-refractivity contribution is -0.0999. The molecular formula is C15H21NO7. The van der Waals surface area contributed by atoms with Gasteiger partial charge < -0.3 is 35.2 Å². The maximum Gasteiger partial charge on any atom is 0.338 e. The second kappa shape index (κ2) is 7.24. The van der Waals surface area contributed by atoms with Crippen LogP contribution in [0.25, 0.3) is 0 Å². The minimum absolute atomic E-state index is 0.271. The van der Waals surface area contributed by atoms with E-state index in [9.17, 15) is 20.1 Å². The van der Waals surface area contributed by atoms with Crippen LogP contribution in [0.3, 0.4) is 0 Å². The van der Waals surface area contributed by atoms with Crippen molar-refractivity contribution in [2.45, 2.75) is 31.0 Å². The van der Waals surface area contributed by atoms with E-state index in [1.165, 1.54) is 12.1 Å². The summed E-state index contributed by atoms with van der Waals surface area (Å²) in [6.07, 6.45) is -3.78. The largest absolute Gasteiger partial charge is 0.462 e. The van der Waals surface area contributed by atoms with E-state index in [2.05, 4.69) is 5.32 Å². The molecule has 2 rings (SSSR count). The molecule has 1 saturated heterocycles. The molecule has 0 aromatic heterocycles. The Balaban J connectivity index is 2.15. The molecule has 128 valence electrons. The number of ether oxygens (including phenoxy) is 2. The van der Waals surface area contributed by atoms with Gasteiger partial charge in [-0.25, -0.2) is 4.79 Å². The number of nitrogens with one attached hydrogen (secondary N) is 1. The summed E-state index contributed by atoms with van der Waals surface area (Å²) in [5, 5.41) is 41.4. The molecule has 8 heteroatoms. The third kappa shape index (κ3) is 3.46. The molecule has 1 unspecified atom stereocenters. The van der Waals surface area contributed by atoms with Crippen LogP contribution in [0.2, 0.25) is 0 Å². The molecule has 5 N–H and O–H groups in total. The summed E-state index contributed by atoms with van der Waals surface area (Å²) >= 11 is 0. The maximum absolute atomic E-state index is 11.6. The number of hydrogen-bond acceptors (Lipinski definition) is 8. The molecular weight excluding hydrogens is 306 g/mol. The summed E-state index contributed by atoms with van der Waals surface area (Å²) in [5.74, 6) is -0.455. The van der Waals surface area contributed by atoms with Crippen LogP contribution in [-0.4, -0.2) is 70.3 Å². The van der Waals surface area contributed by atoms with Gasteiger partial charge >= 0.3 is 5.97 Å². The van der Waals surface area contributed by atoms with Crippen LogP contribution in [0.1, 0.15) is 17.3 Å². The average Bonchev–Trinajstić information content (AvgIpc) is 2.81. The SMILES string of the molecule is CCOC(=O)c1ccc(N[C@]2(CO)O[C@H](CO)[C@H](O)C2O)cc1. The molecule has 8 nitrogen and oxygen atoms in total. The first-order valence-electron chi connectivity index (χ1n) is 7.28. The van der Waals surface area contributed by atoms with Crippen LogP contribution < -0.4 is 5.32 Å². The van der Waals surface area contributed by atoms with E-state index in [1.807, 2.05) is 0 Å². The molecule has 1 aliphatic heterocycles. The van der Waals surface area contributed by atoms with Crippen LogP contribution in [0.4, 0.5) is 5.69 Å².